The van der Waals surface area contributed by atoms with Crippen LogP contribution in [-0.4, -0.2) is 71.7 Å². The SMILES string of the molecule is C=CC(=O)Nc1cc(Nc2nccc(-n3c(C)nc4cc(C)ccc43)n2)c(OC)cc1N(C)CCN(C)C. The molecular weight excluding hydrogens is 480 g/mol. The lowest BCUT2D eigenvalue weighted by molar-refractivity contribution is -0.111. The number of imidazole rings is 1. The van der Waals surface area contributed by atoms with E-state index in [1.54, 1.807) is 13.3 Å². The Labute approximate surface area is 223 Å². The Morgan fingerprint density at radius 2 is 1.87 bits per heavy atom. The van der Waals surface area contributed by atoms with E-state index in [1.807, 2.05) is 63.8 Å². The Morgan fingerprint density at radius 1 is 1.08 bits per heavy atom. The number of hydrogen-bond donors (Lipinski definition) is 2. The molecule has 38 heavy (non-hydrogen) atoms. The van der Waals surface area contributed by atoms with Crippen LogP contribution in [0.2, 0.25) is 0 Å². The van der Waals surface area contributed by atoms with Crippen molar-refractivity contribution in [3.63, 3.8) is 0 Å². The maximum Gasteiger partial charge on any atom is 0.247 e. The van der Waals surface area contributed by atoms with Crippen molar-refractivity contribution >= 4 is 40.0 Å². The van der Waals surface area contributed by atoms with Crippen LogP contribution in [0.3, 0.4) is 0 Å². The standard InChI is InChI=1S/C28H34N8O2/c1-8-27(37)31-21-16-22(25(38-7)17-24(21)35(6)14-13-34(4)5)32-28-29-12-11-26(33-28)36-19(3)30-20-15-18(2)9-10-23(20)36/h8-12,15-17H,1,13-14H2,2-7H3,(H,31,37)(H,29,32,33). The van der Waals surface area contributed by atoms with Gasteiger partial charge in [-0.25, -0.2) is 9.97 Å². The summed E-state index contributed by atoms with van der Waals surface area (Å²) in [6, 6.07) is 11.7. The molecule has 4 aromatic rings. The van der Waals surface area contributed by atoms with Crippen LogP contribution in [0.4, 0.5) is 23.0 Å². The zero-order chi connectivity index (χ0) is 27.4. The molecule has 0 aliphatic heterocycles. The highest BCUT2D eigenvalue weighted by atomic mass is 16.5. The molecular formula is C28H34N8O2. The fraction of sp³-hybridized carbons (Fsp3) is 0.286. The minimum Gasteiger partial charge on any atom is -0.494 e. The quantitative estimate of drug-likeness (QED) is 0.302. The lowest BCUT2D eigenvalue weighted by atomic mass is 10.2. The number of aryl methyl sites for hydroxylation is 2. The van der Waals surface area contributed by atoms with Gasteiger partial charge in [0.15, 0.2) is 0 Å². The van der Waals surface area contributed by atoms with Crippen molar-refractivity contribution in [3.8, 4) is 11.6 Å². The smallest absolute Gasteiger partial charge is 0.247 e. The van der Waals surface area contributed by atoms with Crippen molar-refractivity contribution in [3.05, 3.63) is 66.6 Å². The summed E-state index contributed by atoms with van der Waals surface area (Å²) in [7, 11) is 7.61. The maximum absolute atomic E-state index is 12.2. The lowest BCUT2D eigenvalue weighted by Crippen LogP contribution is -2.29. The van der Waals surface area contributed by atoms with Gasteiger partial charge in [0.2, 0.25) is 11.9 Å². The molecule has 0 aliphatic carbocycles. The van der Waals surface area contributed by atoms with Crippen LogP contribution in [-0.2, 0) is 4.79 Å². The van der Waals surface area contributed by atoms with Gasteiger partial charge in [-0.3, -0.25) is 9.36 Å². The van der Waals surface area contributed by atoms with E-state index < -0.39 is 0 Å². The number of carbonyl (C=O) groups excluding carboxylic acids is 1. The molecule has 10 nitrogen and oxygen atoms in total. The number of aromatic nitrogens is 4. The third kappa shape index (κ3) is 5.76. The number of amides is 1. The van der Waals surface area contributed by atoms with Crippen LogP contribution < -0.4 is 20.3 Å². The highest BCUT2D eigenvalue weighted by Crippen LogP contribution is 2.38. The molecule has 10 heteroatoms. The van der Waals surface area contributed by atoms with Gasteiger partial charge in [0.05, 0.1) is 35.2 Å². The molecule has 2 aromatic carbocycles. The van der Waals surface area contributed by atoms with E-state index in [0.717, 1.165) is 41.2 Å². The van der Waals surface area contributed by atoms with Crippen LogP contribution in [0, 0.1) is 13.8 Å². The first-order valence-electron chi connectivity index (χ1n) is 12.3. The van der Waals surface area contributed by atoms with E-state index in [4.69, 9.17) is 14.7 Å². The number of nitrogens with one attached hydrogen (secondary N) is 2. The van der Waals surface area contributed by atoms with E-state index in [9.17, 15) is 4.79 Å². The molecule has 0 radical (unpaired) electrons. The van der Waals surface area contributed by atoms with Crippen LogP contribution in [0.1, 0.15) is 11.4 Å². The summed E-state index contributed by atoms with van der Waals surface area (Å²) in [6.07, 6.45) is 2.94. The second kappa shape index (κ2) is 11.3. The van der Waals surface area contributed by atoms with Gasteiger partial charge in [0, 0.05) is 32.4 Å². The van der Waals surface area contributed by atoms with E-state index in [1.165, 1.54) is 6.08 Å². The average molecular weight is 515 g/mol. The number of anilines is 4. The van der Waals surface area contributed by atoms with Crippen LogP contribution in [0.15, 0.2) is 55.3 Å². The number of fused-ring (bicyclic) bond motifs is 1. The Morgan fingerprint density at radius 3 is 2.58 bits per heavy atom. The first-order chi connectivity index (χ1) is 18.2. The van der Waals surface area contributed by atoms with Crippen molar-refractivity contribution in [2.45, 2.75) is 13.8 Å². The lowest BCUT2D eigenvalue weighted by Gasteiger charge is -2.26. The third-order valence-electron chi connectivity index (χ3n) is 6.15. The normalized spacial score (nSPS) is 11.0. The number of ether oxygens (including phenoxy) is 1. The largest absolute Gasteiger partial charge is 0.494 e. The Bertz CT molecular complexity index is 1480. The van der Waals surface area contributed by atoms with Gasteiger partial charge < -0.3 is 25.2 Å². The molecule has 0 spiro atoms. The Kier molecular flexibility index (Phi) is 7.92. The molecule has 0 atom stereocenters. The van der Waals surface area contributed by atoms with Crippen molar-refractivity contribution in [1.82, 2.24) is 24.4 Å². The maximum atomic E-state index is 12.2. The highest BCUT2D eigenvalue weighted by molar-refractivity contribution is 6.02. The van der Waals surface area contributed by atoms with Gasteiger partial charge in [-0.1, -0.05) is 12.6 Å². The molecule has 2 N–H and O–H groups in total. The van der Waals surface area contributed by atoms with Gasteiger partial charge in [-0.2, -0.15) is 4.98 Å². The van der Waals surface area contributed by atoms with Gasteiger partial charge in [-0.15, -0.1) is 0 Å². The van der Waals surface area contributed by atoms with Crippen molar-refractivity contribution in [2.75, 3.05) is 56.9 Å². The fourth-order valence-corrected chi connectivity index (χ4v) is 4.16. The molecule has 4 rings (SSSR count). The second-order valence-electron chi connectivity index (χ2n) is 9.34. The van der Waals surface area contributed by atoms with Crippen LogP contribution in [0.5, 0.6) is 5.75 Å². The molecule has 0 saturated carbocycles. The van der Waals surface area contributed by atoms with E-state index in [2.05, 4.69) is 44.1 Å². The number of benzene rings is 2. The summed E-state index contributed by atoms with van der Waals surface area (Å²) in [5, 5.41) is 6.18. The summed E-state index contributed by atoms with van der Waals surface area (Å²) < 4.78 is 7.70. The summed E-state index contributed by atoms with van der Waals surface area (Å²) in [5.41, 5.74) is 5.06. The number of carbonyl (C=O) groups is 1. The third-order valence-corrected chi connectivity index (χ3v) is 6.15. The molecule has 0 fully saturated rings. The van der Waals surface area contributed by atoms with Gasteiger partial charge in [0.25, 0.3) is 0 Å². The Hall–Kier alpha value is -4.44. The summed E-state index contributed by atoms with van der Waals surface area (Å²) in [5.74, 6) is 2.17. The zero-order valence-corrected chi connectivity index (χ0v) is 22.7. The number of hydrogen-bond acceptors (Lipinski definition) is 8. The molecule has 198 valence electrons. The van der Waals surface area contributed by atoms with Crippen molar-refractivity contribution < 1.29 is 9.53 Å². The first-order valence-corrected chi connectivity index (χ1v) is 12.3. The molecule has 0 bridgehead atoms. The summed E-state index contributed by atoms with van der Waals surface area (Å²) in [6.45, 7) is 9.18. The topological polar surface area (TPSA) is 100 Å². The molecule has 1 amide bonds. The van der Waals surface area contributed by atoms with Crippen molar-refractivity contribution in [1.29, 1.82) is 0 Å². The van der Waals surface area contributed by atoms with Gasteiger partial charge in [-0.05, 0) is 63.8 Å². The summed E-state index contributed by atoms with van der Waals surface area (Å²) >= 11 is 0. The van der Waals surface area contributed by atoms with Gasteiger partial charge >= 0.3 is 0 Å². The van der Waals surface area contributed by atoms with Crippen LogP contribution >= 0.6 is 0 Å². The molecule has 0 unspecified atom stereocenters. The van der Waals surface area contributed by atoms with E-state index in [-0.39, 0.29) is 5.91 Å². The number of nitrogens with zero attached hydrogens (tertiary/aromatic N) is 6. The predicted molar refractivity (Wildman–Crippen MR) is 153 cm³/mol. The summed E-state index contributed by atoms with van der Waals surface area (Å²) in [4.78, 5) is 30.3. The second-order valence-corrected chi connectivity index (χ2v) is 9.34. The number of rotatable bonds is 10. The fourth-order valence-electron chi connectivity index (χ4n) is 4.16. The minimum atomic E-state index is -0.306. The highest BCUT2D eigenvalue weighted by Gasteiger charge is 2.17. The Balaban J connectivity index is 1.72. The van der Waals surface area contributed by atoms with Crippen molar-refractivity contribution in [2.24, 2.45) is 0 Å². The monoisotopic (exact) mass is 514 g/mol. The minimum absolute atomic E-state index is 0.306. The van der Waals surface area contributed by atoms with E-state index >= 15 is 0 Å². The molecule has 2 aromatic heterocycles. The molecule has 0 saturated heterocycles. The number of likely N-dealkylation sites (N-methyl/N-ethyl adjacent to an activating group) is 2. The first kappa shape index (κ1) is 26.6. The molecule has 2 heterocycles. The van der Waals surface area contributed by atoms with E-state index in [0.29, 0.717) is 28.9 Å². The van der Waals surface area contributed by atoms with Gasteiger partial charge in [0.1, 0.15) is 17.4 Å². The zero-order valence-electron chi connectivity index (χ0n) is 22.7. The number of methoxy groups -OCH3 is 1. The predicted octanol–water partition coefficient (Wildman–Crippen LogP) is 4.31. The molecule has 0 aliphatic rings. The average Bonchev–Trinajstić information content (AvgIpc) is 3.22. The van der Waals surface area contributed by atoms with Crippen LogP contribution in [0.25, 0.3) is 16.9 Å².